The van der Waals surface area contributed by atoms with Gasteiger partial charge in [0.1, 0.15) is 24.2 Å². The third-order valence-corrected chi connectivity index (χ3v) is 6.67. The number of aryl methyl sites for hydroxylation is 1. The molecule has 0 aliphatic rings. The lowest BCUT2D eigenvalue weighted by Crippen LogP contribution is -2.56. The number of ether oxygens (including phenoxy) is 2. The summed E-state index contributed by atoms with van der Waals surface area (Å²) in [5.74, 6) is -0.885. The lowest BCUT2D eigenvalue weighted by molar-refractivity contribution is -0.146. The molecule has 0 aromatic heterocycles. The van der Waals surface area contributed by atoms with Crippen molar-refractivity contribution in [3.63, 3.8) is 0 Å². The Hall–Kier alpha value is -2.75. The zero-order chi connectivity index (χ0) is 28.3. The van der Waals surface area contributed by atoms with Gasteiger partial charge in [0.05, 0.1) is 7.11 Å². The Morgan fingerprint density at radius 3 is 2.32 bits per heavy atom. The van der Waals surface area contributed by atoms with Gasteiger partial charge in [-0.2, -0.15) is 11.8 Å². The third-order valence-electron chi connectivity index (χ3n) is 6.02. The zero-order valence-electron chi connectivity index (χ0n) is 23.6. The van der Waals surface area contributed by atoms with Crippen molar-refractivity contribution >= 4 is 35.6 Å². The minimum Gasteiger partial charge on any atom is -0.468 e. The Morgan fingerprint density at radius 1 is 1.14 bits per heavy atom. The fourth-order valence-electron chi connectivity index (χ4n) is 3.73. The third kappa shape index (κ3) is 9.91. The van der Waals surface area contributed by atoms with Crippen LogP contribution in [0.5, 0.6) is 0 Å². The minimum absolute atomic E-state index is 0.328. The van der Waals surface area contributed by atoms with Crippen molar-refractivity contribution in [1.29, 1.82) is 0 Å². The largest absolute Gasteiger partial charge is 0.468 e. The molecule has 2 N–H and O–H groups in total. The zero-order valence-corrected chi connectivity index (χ0v) is 24.4. The van der Waals surface area contributed by atoms with E-state index in [1.54, 1.807) is 32.5 Å². The van der Waals surface area contributed by atoms with Gasteiger partial charge in [-0.05, 0) is 83.1 Å². The Labute approximate surface area is 225 Å². The van der Waals surface area contributed by atoms with E-state index in [4.69, 9.17) is 4.74 Å². The molecule has 0 fully saturated rings. The fraction of sp³-hybridized carbons (Fsp3) is 0.630. The molecule has 3 amide bonds. The number of nitrogens with zero attached hydrogens (tertiary/aromatic N) is 1. The van der Waals surface area contributed by atoms with Gasteiger partial charge in [0.25, 0.3) is 0 Å². The van der Waals surface area contributed by atoms with E-state index < -0.39 is 41.6 Å². The van der Waals surface area contributed by atoms with Crippen molar-refractivity contribution in [2.45, 2.75) is 85.0 Å². The summed E-state index contributed by atoms with van der Waals surface area (Å²) in [6.07, 6.45) is 2.14. The maximum atomic E-state index is 14.1. The van der Waals surface area contributed by atoms with E-state index in [0.29, 0.717) is 24.2 Å². The molecule has 37 heavy (non-hydrogen) atoms. The summed E-state index contributed by atoms with van der Waals surface area (Å²) in [7, 11) is 1.24. The quantitative estimate of drug-likeness (QED) is 0.389. The van der Waals surface area contributed by atoms with Gasteiger partial charge in [0, 0.05) is 6.04 Å². The molecule has 0 heterocycles. The second-order valence-corrected chi connectivity index (χ2v) is 11.0. The maximum absolute atomic E-state index is 14.1. The summed E-state index contributed by atoms with van der Waals surface area (Å²) in [6, 6.07) is 3.30. The van der Waals surface area contributed by atoms with Crippen LogP contribution in [-0.4, -0.2) is 72.1 Å². The van der Waals surface area contributed by atoms with Crippen LogP contribution in [0.3, 0.4) is 0 Å². The average molecular weight is 538 g/mol. The van der Waals surface area contributed by atoms with Crippen LogP contribution in [0, 0.1) is 13.8 Å². The summed E-state index contributed by atoms with van der Waals surface area (Å²) in [6.45, 7) is 12.5. The van der Waals surface area contributed by atoms with Gasteiger partial charge in [-0.25, -0.2) is 4.79 Å². The van der Waals surface area contributed by atoms with Crippen LogP contribution in [0.4, 0.5) is 4.79 Å². The highest BCUT2D eigenvalue weighted by molar-refractivity contribution is 7.98. The highest BCUT2D eigenvalue weighted by atomic mass is 32.2. The van der Waals surface area contributed by atoms with Crippen LogP contribution >= 0.6 is 11.8 Å². The molecule has 0 aliphatic carbocycles. The van der Waals surface area contributed by atoms with Crippen molar-refractivity contribution in [3.05, 3.63) is 34.9 Å². The monoisotopic (exact) mass is 537 g/mol. The SMILES string of the molecule is CCC(C)N(C(=O)C(CCSC)NC(=O)OC(C)(C)C)C(C(=O)NCC(=O)OC)c1cccc(C)c1C. The van der Waals surface area contributed by atoms with Gasteiger partial charge in [-0.3, -0.25) is 14.4 Å². The van der Waals surface area contributed by atoms with Crippen LogP contribution in [0.25, 0.3) is 0 Å². The predicted octanol–water partition coefficient (Wildman–Crippen LogP) is 3.91. The molecule has 0 bridgehead atoms. The first-order chi connectivity index (χ1) is 17.3. The van der Waals surface area contributed by atoms with Crippen molar-refractivity contribution in [3.8, 4) is 0 Å². The molecule has 1 aromatic carbocycles. The second-order valence-electron chi connectivity index (χ2n) is 9.97. The molecule has 1 aromatic rings. The first kappa shape index (κ1) is 32.3. The number of alkyl carbamates (subject to hydrolysis) is 1. The maximum Gasteiger partial charge on any atom is 0.408 e. The summed E-state index contributed by atoms with van der Waals surface area (Å²) in [5.41, 5.74) is 1.74. The molecule has 3 unspecified atom stereocenters. The van der Waals surface area contributed by atoms with Gasteiger partial charge >= 0.3 is 12.1 Å². The van der Waals surface area contributed by atoms with Crippen LogP contribution in [0.15, 0.2) is 18.2 Å². The minimum atomic E-state index is -1.02. The summed E-state index contributed by atoms with van der Waals surface area (Å²) < 4.78 is 10.1. The van der Waals surface area contributed by atoms with Gasteiger partial charge in [-0.15, -0.1) is 0 Å². The Kier molecular flexibility index (Phi) is 13.0. The van der Waals surface area contributed by atoms with Gasteiger partial charge in [0.2, 0.25) is 11.8 Å². The number of hydrogen-bond donors (Lipinski definition) is 2. The number of carbonyl (C=O) groups excluding carboxylic acids is 4. The average Bonchev–Trinajstić information content (AvgIpc) is 2.83. The second kappa shape index (κ2) is 14.9. The van der Waals surface area contributed by atoms with E-state index in [-0.39, 0.29) is 12.6 Å². The molecule has 0 saturated carbocycles. The number of methoxy groups -OCH3 is 1. The van der Waals surface area contributed by atoms with E-state index in [1.807, 2.05) is 52.1 Å². The predicted molar refractivity (Wildman–Crippen MR) is 146 cm³/mol. The molecule has 9 nitrogen and oxygen atoms in total. The first-order valence-electron chi connectivity index (χ1n) is 12.5. The number of rotatable bonds is 12. The van der Waals surface area contributed by atoms with Gasteiger partial charge in [0.15, 0.2) is 0 Å². The van der Waals surface area contributed by atoms with Crippen LogP contribution in [-0.2, 0) is 23.9 Å². The number of thioether (sulfide) groups is 1. The molecule has 3 atom stereocenters. The van der Waals surface area contributed by atoms with E-state index in [1.165, 1.54) is 12.0 Å². The molecule has 208 valence electrons. The van der Waals surface area contributed by atoms with Crippen molar-refractivity contribution in [1.82, 2.24) is 15.5 Å². The molecule has 0 aliphatic heterocycles. The highest BCUT2D eigenvalue weighted by Gasteiger charge is 2.39. The van der Waals surface area contributed by atoms with Gasteiger partial charge in [-0.1, -0.05) is 25.1 Å². The van der Waals surface area contributed by atoms with Gasteiger partial charge < -0.3 is 25.0 Å². The standard InChI is InChI=1S/C27H43N3O6S/c1-10-18(3)30(25(33)21(14-15-37-9)29-26(34)36-27(5,6)7)23(24(32)28-16-22(31)35-8)20-13-11-12-17(2)19(20)4/h11-13,18,21,23H,10,14-16H2,1-9H3,(H,28,32)(H,29,34). The lowest BCUT2D eigenvalue weighted by atomic mass is 9.93. The van der Waals surface area contributed by atoms with E-state index in [0.717, 1.165) is 11.1 Å². The molecular formula is C27H43N3O6S. The number of carbonyl (C=O) groups is 4. The van der Waals surface area contributed by atoms with Crippen molar-refractivity contribution in [2.75, 3.05) is 25.7 Å². The highest BCUT2D eigenvalue weighted by Crippen LogP contribution is 2.30. The number of benzene rings is 1. The molecule has 0 saturated heterocycles. The molecule has 0 spiro atoms. The Balaban J connectivity index is 3.58. The van der Waals surface area contributed by atoms with Crippen LogP contribution in [0.2, 0.25) is 0 Å². The topological polar surface area (TPSA) is 114 Å². The molecular weight excluding hydrogens is 494 g/mol. The van der Waals surface area contributed by atoms with Crippen LogP contribution < -0.4 is 10.6 Å². The number of hydrogen-bond acceptors (Lipinski definition) is 7. The smallest absolute Gasteiger partial charge is 0.408 e. The number of nitrogens with one attached hydrogen (secondary N) is 2. The number of esters is 1. The number of amides is 3. The summed E-state index contributed by atoms with van der Waals surface area (Å²) in [5, 5.41) is 5.35. The first-order valence-corrected chi connectivity index (χ1v) is 13.9. The van der Waals surface area contributed by atoms with Crippen LogP contribution in [0.1, 0.15) is 70.2 Å². The summed E-state index contributed by atoms with van der Waals surface area (Å²) in [4.78, 5) is 53.7. The fourth-order valence-corrected chi connectivity index (χ4v) is 4.21. The normalized spacial score (nSPS) is 13.6. The van der Waals surface area contributed by atoms with E-state index in [9.17, 15) is 19.2 Å². The Morgan fingerprint density at radius 2 is 1.78 bits per heavy atom. The summed E-state index contributed by atoms with van der Waals surface area (Å²) >= 11 is 1.55. The Bertz CT molecular complexity index is 947. The van der Waals surface area contributed by atoms with E-state index >= 15 is 0 Å². The molecule has 10 heteroatoms. The molecule has 1 rings (SSSR count). The lowest BCUT2D eigenvalue weighted by Gasteiger charge is -2.38. The molecule has 0 radical (unpaired) electrons. The van der Waals surface area contributed by atoms with Crippen molar-refractivity contribution < 1.29 is 28.7 Å². The van der Waals surface area contributed by atoms with E-state index in [2.05, 4.69) is 15.4 Å². The van der Waals surface area contributed by atoms with Crippen molar-refractivity contribution in [2.24, 2.45) is 0 Å².